The monoisotopic (exact) mass is 466 g/mol. The number of carbonyl (C=O) groups excluding carboxylic acids is 1. The molecule has 0 unspecified atom stereocenters. The van der Waals surface area contributed by atoms with E-state index in [2.05, 4.69) is 83.8 Å². The molecular weight excluding hydrogens is 436 g/mol. The number of piperazine rings is 1. The summed E-state index contributed by atoms with van der Waals surface area (Å²) in [4.78, 5) is 19.0. The SMILES string of the molecule is O=C(c1ccccc1SCc1cccc2ccccc12)N1CCN(CCc2ccccc2)CC1. The molecule has 1 aliphatic rings. The van der Waals surface area contributed by atoms with Crippen molar-refractivity contribution in [2.24, 2.45) is 0 Å². The molecule has 4 aromatic carbocycles. The molecule has 4 heteroatoms. The predicted octanol–water partition coefficient (Wildman–Crippen LogP) is 6.13. The van der Waals surface area contributed by atoms with E-state index in [1.54, 1.807) is 11.8 Å². The minimum atomic E-state index is 0.156. The third-order valence-electron chi connectivity index (χ3n) is 6.60. The van der Waals surface area contributed by atoms with Crippen molar-refractivity contribution < 1.29 is 4.79 Å². The van der Waals surface area contributed by atoms with Gasteiger partial charge < -0.3 is 4.90 Å². The second-order valence-electron chi connectivity index (χ2n) is 8.79. The molecule has 3 nitrogen and oxygen atoms in total. The van der Waals surface area contributed by atoms with Crippen molar-refractivity contribution in [2.45, 2.75) is 17.1 Å². The Hall–Kier alpha value is -3.08. The van der Waals surface area contributed by atoms with Gasteiger partial charge in [0.15, 0.2) is 0 Å². The molecule has 0 radical (unpaired) electrons. The second-order valence-corrected chi connectivity index (χ2v) is 9.81. The Morgan fingerprint density at radius 3 is 2.29 bits per heavy atom. The summed E-state index contributed by atoms with van der Waals surface area (Å²) in [6.07, 6.45) is 1.06. The van der Waals surface area contributed by atoms with E-state index in [0.29, 0.717) is 0 Å². The number of amides is 1. The highest BCUT2D eigenvalue weighted by Gasteiger charge is 2.23. The number of nitrogens with zero attached hydrogens (tertiary/aromatic N) is 2. The van der Waals surface area contributed by atoms with E-state index in [1.165, 1.54) is 21.9 Å². The molecule has 1 saturated heterocycles. The molecule has 4 aromatic rings. The van der Waals surface area contributed by atoms with Gasteiger partial charge in [0.2, 0.25) is 0 Å². The zero-order valence-corrected chi connectivity index (χ0v) is 20.2. The zero-order valence-electron chi connectivity index (χ0n) is 19.4. The summed E-state index contributed by atoms with van der Waals surface area (Å²) in [6, 6.07) is 33.7. The van der Waals surface area contributed by atoms with Gasteiger partial charge in [0.05, 0.1) is 5.56 Å². The van der Waals surface area contributed by atoms with Crippen molar-refractivity contribution in [3.05, 3.63) is 114 Å². The summed E-state index contributed by atoms with van der Waals surface area (Å²) in [5.41, 5.74) is 3.50. The molecule has 5 rings (SSSR count). The van der Waals surface area contributed by atoms with E-state index < -0.39 is 0 Å². The Kier molecular flexibility index (Phi) is 7.28. The van der Waals surface area contributed by atoms with Gasteiger partial charge in [0.1, 0.15) is 0 Å². The number of carbonyl (C=O) groups is 1. The molecule has 34 heavy (non-hydrogen) atoms. The highest BCUT2D eigenvalue weighted by atomic mass is 32.2. The molecule has 0 spiro atoms. The van der Waals surface area contributed by atoms with Crippen molar-refractivity contribution in [1.82, 2.24) is 9.80 Å². The number of thioether (sulfide) groups is 1. The summed E-state index contributed by atoms with van der Waals surface area (Å²) >= 11 is 1.76. The first-order chi connectivity index (χ1) is 16.8. The molecule has 0 aliphatic carbocycles. The van der Waals surface area contributed by atoms with Crippen LogP contribution in [-0.4, -0.2) is 48.4 Å². The Bertz CT molecular complexity index is 1240. The maximum atomic E-state index is 13.4. The minimum absolute atomic E-state index is 0.156. The molecular formula is C30H30N2OS. The van der Waals surface area contributed by atoms with Gasteiger partial charge in [0, 0.05) is 43.4 Å². The predicted molar refractivity (Wildman–Crippen MR) is 142 cm³/mol. The molecule has 0 atom stereocenters. The Balaban J connectivity index is 1.20. The fraction of sp³-hybridized carbons (Fsp3) is 0.233. The number of fused-ring (bicyclic) bond motifs is 1. The van der Waals surface area contributed by atoms with Crippen LogP contribution in [0.25, 0.3) is 10.8 Å². The quantitative estimate of drug-likeness (QED) is 0.306. The first kappa shape index (κ1) is 22.7. The third kappa shape index (κ3) is 5.35. The topological polar surface area (TPSA) is 23.6 Å². The van der Waals surface area contributed by atoms with Gasteiger partial charge >= 0.3 is 0 Å². The smallest absolute Gasteiger partial charge is 0.255 e. The highest BCUT2D eigenvalue weighted by Crippen LogP contribution is 2.30. The largest absolute Gasteiger partial charge is 0.336 e. The van der Waals surface area contributed by atoms with E-state index >= 15 is 0 Å². The first-order valence-electron chi connectivity index (χ1n) is 12.0. The molecule has 0 saturated carbocycles. The van der Waals surface area contributed by atoms with Gasteiger partial charge in [0.25, 0.3) is 5.91 Å². The summed E-state index contributed by atoms with van der Waals surface area (Å²) < 4.78 is 0. The van der Waals surface area contributed by atoms with Crippen LogP contribution in [0, 0.1) is 0 Å². The summed E-state index contributed by atoms with van der Waals surface area (Å²) in [7, 11) is 0. The van der Waals surface area contributed by atoms with Gasteiger partial charge in [-0.3, -0.25) is 9.69 Å². The lowest BCUT2D eigenvalue weighted by Gasteiger charge is -2.35. The molecule has 1 heterocycles. The van der Waals surface area contributed by atoms with Crippen LogP contribution in [0.15, 0.2) is 102 Å². The summed E-state index contributed by atoms with van der Waals surface area (Å²) in [5.74, 6) is 1.00. The van der Waals surface area contributed by atoms with Gasteiger partial charge in [-0.2, -0.15) is 0 Å². The van der Waals surface area contributed by atoms with Gasteiger partial charge in [-0.15, -0.1) is 11.8 Å². The lowest BCUT2D eigenvalue weighted by atomic mass is 10.1. The van der Waals surface area contributed by atoms with Crippen LogP contribution in [0.3, 0.4) is 0 Å². The fourth-order valence-electron chi connectivity index (χ4n) is 4.62. The van der Waals surface area contributed by atoms with E-state index in [-0.39, 0.29) is 5.91 Å². The normalized spacial score (nSPS) is 14.4. The summed E-state index contributed by atoms with van der Waals surface area (Å²) in [5, 5.41) is 2.54. The summed E-state index contributed by atoms with van der Waals surface area (Å²) in [6.45, 7) is 4.49. The van der Waals surface area contributed by atoms with E-state index in [4.69, 9.17) is 0 Å². The van der Waals surface area contributed by atoms with Crippen LogP contribution < -0.4 is 0 Å². The maximum Gasteiger partial charge on any atom is 0.255 e. The molecule has 1 amide bonds. The third-order valence-corrected chi connectivity index (χ3v) is 7.72. The van der Waals surface area contributed by atoms with Crippen LogP contribution in [0.2, 0.25) is 0 Å². The van der Waals surface area contributed by atoms with Crippen molar-refractivity contribution >= 4 is 28.4 Å². The van der Waals surface area contributed by atoms with Crippen LogP contribution in [0.5, 0.6) is 0 Å². The molecule has 1 fully saturated rings. The van der Waals surface area contributed by atoms with Crippen LogP contribution in [0.1, 0.15) is 21.5 Å². The number of benzene rings is 4. The molecule has 0 N–H and O–H groups in total. The van der Waals surface area contributed by atoms with E-state index in [0.717, 1.165) is 55.4 Å². The number of rotatable bonds is 7. The lowest BCUT2D eigenvalue weighted by Crippen LogP contribution is -2.49. The first-order valence-corrected chi connectivity index (χ1v) is 13.0. The zero-order chi connectivity index (χ0) is 23.2. The van der Waals surface area contributed by atoms with Gasteiger partial charge in [-0.1, -0.05) is 84.9 Å². The Morgan fingerprint density at radius 1 is 0.735 bits per heavy atom. The van der Waals surface area contributed by atoms with E-state index in [9.17, 15) is 4.79 Å². The van der Waals surface area contributed by atoms with Crippen molar-refractivity contribution in [2.75, 3.05) is 32.7 Å². The molecule has 172 valence electrons. The van der Waals surface area contributed by atoms with Crippen LogP contribution in [0.4, 0.5) is 0 Å². The molecule has 1 aliphatic heterocycles. The van der Waals surface area contributed by atoms with Gasteiger partial charge in [-0.05, 0) is 40.5 Å². The maximum absolute atomic E-state index is 13.4. The van der Waals surface area contributed by atoms with Crippen LogP contribution >= 0.6 is 11.8 Å². The van der Waals surface area contributed by atoms with Crippen LogP contribution in [-0.2, 0) is 12.2 Å². The Labute approximate surface area is 206 Å². The average Bonchev–Trinajstić information content (AvgIpc) is 2.91. The number of hydrogen-bond donors (Lipinski definition) is 0. The van der Waals surface area contributed by atoms with Crippen molar-refractivity contribution in [1.29, 1.82) is 0 Å². The molecule has 0 aromatic heterocycles. The fourth-order valence-corrected chi connectivity index (χ4v) is 5.67. The Morgan fingerprint density at radius 2 is 1.44 bits per heavy atom. The highest BCUT2D eigenvalue weighted by molar-refractivity contribution is 7.98. The van der Waals surface area contributed by atoms with Crippen molar-refractivity contribution in [3.8, 4) is 0 Å². The standard InChI is InChI=1S/C30H30N2OS/c33-30(32-21-19-31(20-22-32)18-17-24-9-2-1-3-10-24)28-15-6-7-16-29(28)34-23-26-13-8-12-25-11-4-5-14-27(25)26/h1-16H,17-23H2. The van der Waals surface area contributed by atoms with E-state index in [1.807, 2.05) is 23.1 Å². The minimum Gasteiger partial charge on any atom is -0.336 e. The number of hydrogen-bond acceptors (Lipinski definition) is 3. The second kappa shape index (κ2) is 10.9. The van der Waals surface area contributed by atoms with Crippen molar-refractivity contribution in [3.63, 3.8) is 0 Å². The lowest BCUT2D eigenvalue weighted by molar-refractivity contribution is 0.0635. The average molecular weight is 467 g/mol. The molecule has 0 bridgehead atoms. The van der Waals surface area contributed by atoms with Gasteiger partial charge in [-0.25, -0.2) is 0 Å².